The smallest absolute Gasteiger partial charge is 0.281 e. The Labute approximate surface area is 187 Å². The van der Waals surface area contributed by atoms with E-state index in [0.29, 0.717) is 11.2 Å². The van der Waals surface area contributed by atoms with Crippen molar-refractivity contribution in [2.24, 2.45) is 0 Å². The Hall–Kier alpha value is -3.07. The summed E-state index contributed by atoms with van der Waals surface area (Å²) in [6.07, 6.45) is 2.24. The average Bonchev–Trinajstić information content (AvgIpc) is 3.38. The number of aryl methyl sites for hydroxylation is 1. The Bertz CT molecular complexity index is 1280. The Kier molecular flexibility index (Phi) is 5.50. The maximum Gasteiger partial charge on any atom is 0.281 e. The second-order valence-corrected chi connectivity index (χ2v) is 9.36. The van der Waals surface area contributed by atoms with Gasteiger partial charge in [0.25, 0.3) is 12.3 Å². The van der Waals surface area contributed by atoms with Gasteiger partial charge in [0.1, 0.15) is 17.2 Å². The standard InChI is InChI=1S/C23H23F2N5OS/c1-13-26-17-5-2-4-16(21(17)32-13)23(31)28-15-10-8-14(9-11-15)27-19-6-3-7-20-29-18(22(24)25)12-30(19)20/h2-7,12,14-15,22,27H,8-11H2,1H3,(H,28,31)/t14-,15+. The van der Waals surface area contributed by atoms with Crippen LogP contribution in [0.25, 0.3) is 15.9 Å². The van der Waals surface area contributed by atoms with E-state index in [0.717, 1.165) is 46.7 Å². The number of pyridine rings is 1. The molecule has 1 fully saturated rings. The van der Waals surface area contributed by atoms with E-state index in [1.807, 2.05) is 37.3 Å². The number of alkyl halides is 2. The highest BCUT2D eigenvalue weighted by atomic mass is 32.1. The van der Waals surface area contributed by atoms with Gasteiger partial charge in [-0.05, 0) is 56.9 Å². The minimum atomic E-state index is -2.60. The van der Waals surface area contributed by atoms with Crippen LogP contribution in [0.15, 0.2) is 42.6 Å². The molecule has 3 aromatic heterocycles. The number of benzene rings is 1. The lowest BCUT2D eigenvalue weighted by molar-refractivity contribution is 0.0928. The van der Waals surface area contributed by atoms with Crippen LogP contribution >= 0.6 is 11.3 Å². The second kappa shape index (κ2) is 8.46. The minimum absolute atomic E-state index is 0.0571. The number of nitrogens with one attached hydrogen (secondary N) is 2. The third-order valence-electron chi connectivity index (χ3n) is 5.92. The van der Waals surface area contributed by atoms with Crippen LogP contribution < -0.4 is 10.6 Å². The fourth-order valence-corrected chi connectivity index (χ4v) is 5.27. The van der Waals surface area contributed by atoms with Crippen molar-refractivity contribution in [1.82, 2.24) is 19.7 Å². The molecular weight excluding hydrogens is 432 g/mol. The first-order valence-electron chi connectivity index (χ1n) is 10.7. The summed E-state index contributed by atoms with van der Waals surface area (Å²) in [5, 5.41) is 7.59. The second-order valence-electron chi connectivity index (χ2n) is 8.16. The number of carbonyl (C=O) groups excluding carboxylic acids is 1. The lowest BCUT2D eigenvalue weighted by Gasteiger charge is -2.30. The van der Waals surface area contributed by atoms with E-state index in [-0.39, 0.29) is 23.7 Å². The monoisotopic (exact) mass is 455 g/mol. The molecule has 0 unspecified atom stereocenters. The van der Waals surface area contributed by atoms with Crippen molar-refractivity contribution in [3.8, 4) is 0 Å². The van der Waals surface area contributed by atoms with Crippen molar-refractivity contribution in [3.05, 3.63) is 58.9 Å². The topological polar surface area (TPSA) is 71.3 Å². The number of nitrogens with zero attached hydrogens (tertiary/aromatic N) is 3. The van der Waals surface area contributed by atoms with E-state index in [2.05, 4.69) is 20.6 Å². The predicted molar refractivity (Wildman–Crippen MR) is 122 cm³/mol. The molecule has 5 rings (SSSR count). The zero-order valence-electron chi connectivity index (χ0n) is 17.5. The molecule has 0 bridgehead atoms. The minimum Gasteiger partial charge on any atom is -0.368 e. The van der Waals surface area contributed by atoms with Crippen LogP contribution in [0.5, 0.6) is 0 Å². The number of anilines is 1. The van der Waals surface area contributed by atoms with Gasteiger partial charge in [0, 0.05) is 18.3 Å². The van der Waals surface area contributed by atoms with Crippen molar-refractivity contribution >= 4 is 38.9 Å². The summed E-state index contributed by atoms with van der Waals surface area (Å²) in [5.74, 6) is 0.694. The molecule has 6 nitrogen and oxygen atoms in total. The SMILES string of the molecule is Cc1nc2cccc(C(=O)N[C@H]3CC[C@@H](Nc4cccc5nc(C(F)F)cn45)CC3)c2s1. The lowest BCUT2D eigenvalue weighted by Crippen LogP contribution is -2.40. The van der Waals surface area contributed by atoms with E-state index in [9.17, 15) is 13.6 Å². The molecule has 0 saturated heterocycles. The fourth-order valence-electron chi connectivity index (χ4n) is 4.35. The van der Waals surface area contributed by atoms with Gasteiger partial charge in [0.05, 0.1) is 20.8 Å². The van der Waals surface area contributed by atoms with Crippen LogP contribution in [0, 0.1) is 6.92 Å². The number of hydrogen-bond donors (Lipinski definition) is 2. The summed E-state index contributed by atoms with van der Waals surface area (Å²) in [7, 11) is 0. The number of amides is 1. The molecule has 32 heavy (non-hydrogen) atoms. The summed E-state index contributed by atoms with van der Waals surface area (Å²) >= 11 is 1.54. The van der Waals surface area contributed by atoms with Gasteiger partial charge in [-0.2, -0.15) is 0 Å². The first-order valence-corrected chi connectivity index (χ1v) is 11.5. The van der Waals surface area contributed by atoms with Crippen molar-refractivity contribution < 1.29 is 13.6 Å². The molecule has 166 valence electrons. The predicted octanol–water partition coefficient (Wildman–Crippen LogP) is 5.34. The van der Waals surface area contributed by atoms with Gasteiger partial charge in [0.15, 0.2) is 0 Å². The molecule has 2 N–H and O–H groups in total. The Balaban J connectivity index is 1.22. The molecule has 0 aliphatic heterocycles. The molecule has 9 heteroatoms. The summed E-state index contributed by atoms with van der Waals surface area (Å²) in [4.78, 5) is 21.3. The molecule has 1 saturated carbocycles. The first kappa shape index (κ1) is 20.8. The number of aromatic nitrogens is 3. The molecule has 4 aromatic rings. The van der Waals surface area contributed by atoms with E-state index < -0.39 is 6.43 Å². The normalized spacial score (nSPS) is 19.0. The van der Waals surface area contributed by atoms with Crippen molar-refractivity contribution in [2.75, 3.05) is 5.32 Å². The van der Waals surface area contributed by atoms with E-state index >= 15 is 0 Å². The number of carbonyl (C=O) groups is 1. The van der Waals surface area contributed by atoms with Gasteiger partial charge >= 0.3 is 0 Å². The highest BCUT2D eigenvalue weighted by molar-refractivity contribution is 7.18. The number of fused-ring (bicyclic) bond motifs is 2. The van der Waals surface area contributed by atoms with Gasteiger partial charge in [-0.25, -0.2) is 18.7 Å². The average molecular weight is 456 g/mol. The zero-order valence-corrected chi connectivity index (χ0v) is 18.3. The molecule has 0 radical (unpaired) electrons. The summed E-state index contributed by atoms with van der Waals surface area (Å²) < 4.78 is 28.6. The Morgan fingerprint density at radius 2 is 1.84 bits per heavy atom. The first-order chi connectivity index (χ1) is 15.5. The van der Waals surface area contributed by atoms with Gasteiger partial charge < -0.3 is 10.6 Å². The van der Waals surface area contributed by atoms with E-state index in [4.69, 9.17) is 0 Å². The highest BCUT2D eigenvalue weighted by Gasteiger charge is 2.24. The molecular formula is C23H23F2N5OS. The fraction of sp³-hybridized carbons (Fsp3) is 0.348. The third-order valence-corrected chi connectivity index (χ3v) is 6.94. The van der Waals surface area contributed by atoms with Crippen molar-refractivity contribution in [2.45, 2.75) is 51.1 Å². The molecule has 1 aromatic carbocycles. The zero-order chi connectivity index (χ0) is 22.2. The molecule has 1 aliphatic carbocycles. The maximum atomic E-state index is 13.0. The molecule has 1 aliphatic rings. The Morgan fingerprint density at radius 3 is 2.62 bits per heavy atom. The third kappa shape index (κ3) is 4.04. The van der Waals surface area contributed by atoms with Crippen molar-refractivity contribution in [1.29, 1.82) is 0 Å². The molecule has 0 atom stereocenters. The number of hydrogen-bond acceptors (Lipinski definition) is 5. The van der Waals surface area contributed by atoms with Crippen LogP contribution in [0.3, 0.4) is 0 Å². The number of thiazole rings is 1. The van der Waals surface area contributed by atoms with Crippen LogP contribution in [0.2, 0.25) is 0 Å². The van der Waals surface area contributed by atoms with Gasteiger partial charge in [0.2, 0.25) is 0 Å². The largest absolute Gasteiger partial charge is 0.368 e. The maximum absolute atomic E-state index is 13.0. The Morgan fingerprint density at radius 1 is 1.09 bits per heavy atom. The summed E-state index contributed by atoms with van der Waals surface area (Å²) in [6.45, 7) is 1.94. The summed E-state index contributed by atoms with van der Waals surface area (Å²) in [5.41, 5.74) is 1.81. The number of imidazole rings is 1. The number of halogens is 2. The van der Waals surface area contributed by atoms with Crippen LogP contribution in [0.4, 0.5) is 14.6 Å². The lowest BCUT2D eigenvalue weighted by atomic mass is 9.91. The van der Waals surface area contributed by atoms with Crippen LogP contribution in [0.1, 0.15) is 53.2 Å². The van der Waals surface area contributed by atoms with Gasteiger partial charge in [-0.1, -0.05) is 12.1 Å². The molecule has 3 heterocycles. The van der Waals surface area contributed by atoms with E-state index in [1.165, 1.54) is 17.5 Å². The van der Waals surface area contributed by atoms with E-state index in [1.54, 1.807) is 10.5 Å². The quantitative estimate of drug-likeness (QED) is 0.426. The van der Waals surface area contributed by atoms with Gasteiger partial charge in [-0.15, -0.1) is 11.3 Å². The van der Waals surface area contributed by atoms with Crippen LogP contribution in [-0.4, -0.2) is 32.4 Å². The summed E-state index contributed by atoms with van der Waals surface area (Å²) in [6, 6.07) is 11.4. The highest BCUT2D eigenvalue weighted by Crippen LogP contribution is 2.27. The molecule has 0 spiro atoms. The van der Waals surface area contributed by atoms with Crippen LogP contribution in [-0.2, 0) is 0 Å². The molecule has 1 amide bonds. The number of rotatable bonds is 5. The van der Waals surface area contributed by atoms with Gasteiger partial charge in [-0.3, -0.25) is 9.20 Å². The van der Waals surface area contributed by atoms with Crippen molar-refractivity contribution in [3.63, 3.8) is 0 Å².